The van der Waals surface area contributed by atoms with Gasteiger partial charge in [0.05, 0.1) is 47.1 Å². The van der Waals surface area contributed by atoms with Crippen LogP contribution in [-0.4, -0.2) is 61.2 Å². The molecule has 236 valence electrons. The fraction of sp³-hybridized carbons (Fsp3) is 0.588. The number of hydrogen-bond donors (Lipinski definition) is 2. The molecule has 2 aromatic carbocycles. The molecule has 0 aliphatic carbocycles. The second-order valence-electron chi connectivity index (χ2n) is 11.2. The van der Waals surface area contributed by atoms with Crippen LogP contribution in [-0.2, 0) is 9.84 Å². The highest BCUT2D eigenvalue weighted by Gasteiger charge is 2.28. The molecule has 0 radical (unpaired) electrons. The van der Waals surface area contributed by atoms with E-state index in [1.54, 1.807) is 0 Å². The predicted octanol–water partition coefficient (Wildman–Crippen LogP) is 8.48. The minimum absolute atomic E-state index is 0.405. The molecule has 0 saturated heterocycles. The number of rotatable bonds is 20. The number of aromatic carboxylic acids is 2. The third-order valence-electron chi connectivity index (χ3n) is 7.76. The van der Waals surface area contributed by atoms with E-state index in [1.165, 1.54) is 132 Å². The summed E-state index contributed by atoms with van der Waals surface area (Å²) in [5, 5.41) is 18.1. The Hall–Kier alpha value is -2.71. The molecule has 0 amide bonds. The van der Waals surface area contributed by atoms with E-state index in [-0.39, 0.29) is 0 Å². The fourth-order valence-electron chi connectivity index (χ4n) is 5.33. The van der Waals surface area contributed by atoms with E-state index in [0.29, 0.717) is 0 Å². The van der Waals surface area contributed by atoms with Crippen LogP contribution in [0.15, 0.2) is 58.3 Å². The summed E-state index contributed by atoms with van der Waals surface area (Å²) in [7, 11) is -4.25. The number of carbonyl (C=O) groups is 2. The van der Waals surface area contributed by atoms with E-state index in [1.807, 2.05) is 0 Å². The van der Waals surface area contributed by atoms with Crippen molar-refractivity contribution in [3.63, 3.8) is 0 Å². The predicted molar refractivity (Wildman–Crippen MR) is 170 cm³/mol. The third-order valence-corrected chi connectivity index (χ3v) is 9.63. The molecule has 2 N–H and O–H groups in total. The lowest BCUT2D eigenvalue weighted by Gasteiger charge is -2.39. The largest absolute Gasteiger partial charge is 0.478 e. The van der Waals surface area contributed by atoms with Crippen molar-refractivity contribution in [1.82, 2.24) is 0 Å². The number of quaternary nitrogens is 1. The van der Waals surface area contributed by atoms with Crippen LogP contribution in [0.4, 0.5) is 0 Å². The number of benzene rings is 2. The first-order valence-electron chi connectivity index (χ1n) is 15.8. The van der Waals surface area contributed by atoms with Gasteiger partial charge in [-0.3, -0.25) is 0 Å². The van der Waals surface area contributed by atoms with Crippen LogP contribution in [0, 0.1) is 0 Å². The Kier molecular flexibility index (Phi) is 18.0. The molecule has 0 spiro atoms. The van der Waals surface area contributed by atoms with Crippen LogP contribution >= 0.6 is 0 Å². The Labute approximate surface area is 254 Å². The van der Waals surface area contributed by atoms with E-state index < -0.39 is 42.7 Å². The van der Waals surface area contributed by atoms with Crippen molar-refractivity contribution in [3.8, 4) is 0 Å². The van der Waals surface area contributed by atoms with Crippen molar-refractivity contribution >= 4 is 21.8 Å². The zero-order valence-electron chi connectivity index (χ0n) is 26.3. The molecule has 0 heterocycles. The van der Waals surface area contributed by atoms with Crippen molar-refractivity contribution in [2.24, 2.45) is 0 Å². The zero-order valence-corrected chi connectivity index (χ0v) is 27.1. The molecule has 0 aromatic heterocycles. The van der Waals surface area contributed by atoms with Gasteiger partial charge in [0.2, 0.25) is 9.84 Å². The van der Waals surface area contributed by atoms with Gasteiger partial charge < -0.3 is 14.7 Å². The van der Waals surface area contributed by atoms with Crippen LogP contribution < -0.4 is 0 Å². The molecule has 7 nitrogen and oxygen atoms in total. The van der Waals surface area contributed by atoms with Gasteiger partial charge in [0.15, 0.2) is 0 Å². The average molecular weight is 605 g/mol. The monoisotopic (exact) mass is 604 g/mol. The fourth-order valence-corrected chi connectivity index (χ4v) is 6.98. The highest BCUT2D eigenvalue weighted by atomic mass is 32.2. The summed E-state index contributed by atoms with van der Waals surface area (Å²) < 4.78 is 26.6. The SMILES string of the molecule is CCCCC[N+](CCCCC)(CCCCC)CCCCC.O=C(O)c1ccccc1S(=O)(=O)c1ccccc1C(=O)O. The molecule has 0 saturated carbocycles. The maximum atomic E-state index is 12.6. The van der Waals surface area contributed by atoms with Crippen LogP contribution in [0.2, 0.25) is 0 Å². The third kappa shape index (κ3) is 12.3. The number of nitrogens with zero attached hydrogens (tertiary/aromatic N) is 1. The molecule has 0 atom stereocenters. The lowest BCUT2D eigenvalue weighted by atomic mass is 10.1. The summed E-state index contributed by atoms with van der Waals surface area (Å²) in [6.07, 6.45) is 16.9. The molecule has 0 aliphatic rings. The number of sulfone groups is 1. The van der Waals surface area contributed by atoms with Gasteiger partial charge in [0.25, 0.3) is 0 Å². The van der Waals surface area contributed by atoms with Gasteiger partial charge in [0.1, 0.15) is 0 Å². The Morgan fingerprint density at radius 2 is 0.833 bits per heavy atom. The first-order valence-corrected chi connectivity index (χ1v) is 17.3. The Morgan fingerprint density at radius 1 is 0.548 bits per heavy atom. The van der Waals surface area contributed by atoms with E-state index in [2.05, 4.69) is 27.7 Å². The Bertz CT molecular complexity index is 1070. The molecule has 8 heteroatoms. The lowest BCUT2D eigenvalue weighted by Crippen LogP contribution is -2.50. The quantitative estimate of drug-likeness (QED) is 0.116. The van der Waals surface area contributed by atoms with Gasteiger partial charge in [-0.1, -0.05) is 77.6 Å². The van der Waals surface area contributed by atoms with E-state index in [0.717, 1.165) is 24.3 Å². The summed E-state index contributed by atoms with van der Waals surface area (Å²) in [5.74, 6) is -2.80. The highest BCUT2D eigenvalue weighted by molar-refractivity contribution is 7.91. The summed E-state index contributed by atoms with van der Waals surface area (Å²) in [6.45, 7) is 15.1. The van der Waals surface area contributed by atoms with E-state index >= 15 is 0 Å². The summed E-state index contributed by atoms with van der Waals surface area (Å²) in [5.41, 5.74) is -0.810. The molecule has 2 aromatic rings. The van der Waals surface area contributed by atoms with E-state index in [4.69, 9.17) is 10.2 Å². The summed E-state index contributed by atoms with van der Waals surface area (Å²) in [4.78, 5) is 21.4. The van der Waals surface area contributed by atoms with Gasteiger partial charge >= 0.3 is 11.9 Å². The second kappa shape index (κ2) is 20.2. The minimum atomic E-state index is -4.25. The number of unbranched alkanes of at least 4 members (excludes halogenated alkanes) is 8. The number of carboxylic acid groups (broad SMARTS) is 2. The molecule has 0 aliphatic heterocycles. The second-order valence-corrected chi connectivity index (χ2v) is 13.1. The smallest absolute Gasteiger partial charge is 0.337 e. The Morgan fingerprint density at radius 3 is 1.10 bits per heavy atom. The van der Waals surface area contributed by atoms with Gasteiger partial charge in [-0.2, -0.15) is 0 Å². The van der Waals surface area contributed by atoms with Crippen molar-refractivity contribution in [2.75, 3.05) is 26.2 Å². The normalized spacial score (nSPS) is 11.5. The molecule has 2 rings (SSSR count). The van der Waals surface area contributed by atoms with Crippen molar-refractivity contribution in [2.45, 2.75) is 115 Å². The van der Waals surface area contributed by atoms with Crippen LogP contribution in [0.25, 0.3) is 0 Å². The van der Waals surface area contributed by atoms with Crippen molar-refractivity contribution < 1.29 is 32.7 Å². The standard InChI is InChI=1S/C20H44N.C14H10O6S/c1-5-9-13-17-21(18-14-10-6-2,19-15-11-7-3)20-16-12-8-4;15-13(16)9-5-1-3-7-11(9)21(19,20)12-8-4-2-6-10(12)14(17)18/h5-20H2,1-4H3;1-8H,(H,15,16)(H,17,18)/q+1;. The number of carboxylic acids is 2. The van der Waals surface area contributed by atoms with Gasteiger partial charge in [-0.25, -0.2) is 18.0 Å². The zero-order chi connectivity index (χ0) is 31.4. The molecule has 0 unspecified atom stereocenters. The van der Waals surface area contributed by atoms with Gasteiger partial charge in [-0.05, 0) is 75.6 Å². The average Bonchev–Trinajstić information content (AvgIpc) is 2.98. The van der Waals surface area contributed by atoms with Crippen LogP contribution in [0.5, 0.6) is 0 Å². The molecule has 0 fully saturated rings. The van der Waals surface area contributed by atoms with Gasteiger partial charge in [0, 0.05) is 0 Å². The lowest BCUT2D eigenvalue weighted by molar-refractivity contribution is -0.929. The van der Waals surface area contributed by atoms with Crippen LogP contribution in [0.1, 0.15) is 125 Å². The van der Waals surface area contributed by atoms with E-state index in [9.17, 15) is 18.0 Å². The maximum absolute atomic E-state index is 12.6. The molecular formula is C34H54NO6S+. The van der Waals surface area contributed by atoms with Gasteiger partial charge in [-0.15, -0.1) is 0 Å². The van der Waals surface area contributed by atoms with Crippen molar-refractivity contribution in [3.05, 3.63) is 59.7 Å². The molecular weight excluding hydrogens is 550 g/mol. The molecule has 42 heavy (non-hydrogen) atoms. The van der Waals surface area contributed by atoms with Crippen molar-refractivity contribution in [1.29, 1.82) is 0 Å². The van der Waals surface area contributed by atoms with Crippen LogP contribution in [0.3, 0.4) is 0 Å². The maximum Gasteiger partial charge on any atom is 0.337 e. The minimum Gasteiger partial charge on any atom is -0.478 e. The number of hydrogen-bond acceptors (Lipinski definition) is 4. The Balaban J connectivity index is 0.000000420. The molecule has 0 bridgehead atoms. The topological polar surface area (TPSA) is 109 Å². The summed E-state index contributed by atoms with van der Waals surface area (Å²) >= 11 is 0. The summed E-state index contributed by atoms with van der Waals surface area (Å²) in [6, 6.07) is 10.1. The highest BCUT2D eigenvalue weighted by Crippen LogP contribution is 2.27. The first kappa shape index (κ1) is 37.3. The first-order chi connectivity index (χ1) is 20.1.